The van der Waals surface area contributed by atoms with Crippen LogP contribution in [0.5, 0.6) is 0 Å². The largest absolute Gasteiger partial charge is 0.303 e. The van der Waals surface area contributed by atoms with Gasteiger partial charge in [0.1, 0.15) is 11.5 Å². The van der Waals surface area contributed by atoms with Crippen LogP contribution in [0.15, 0.2) is 47.8 Å². The molecule has 0 saturated heterocycles. The van der Waals surface area contributed by atoms with Gasteiger partial charge in [0, 0.05) is 35.3 Å². The van der Waals surface area contributed by atoms with Gasteiger partial charge in [-0.25, -0.2) is 10.1 Å². The molecule has 0 atom stereocenters. The molecule has 0 aliphatic carbocycles. The monoisotopic (exact) mass is 350 g/mol. The van der Waals surface area contributed by atoms with Crippen LogP contribution >= 0.6 is 0 Å². The van der Waals surface area contributed by atoms with Crippen LogP contribution in [0.3, 0.4) is 0 Å². The molecule has 1 amide bonds. The van der Waals surface area contributed by atoms with E-state index in [4.69, 9.17) is 0 Å². The number of carbonyl (C=O) groups is 1. The molecule has 7 heteroatoms. The number of aryl methyl sites for hydroxylation is 1. The van der Waals surface area contributed by atoms with E-state index in [1.807, 2.05) is 30.7 Å². The maximum absolute atomic E-state index is 12.0. The second-order valence-electron chi connectivity index (χ2n) is 6.30. The Bertz CT molecular complexity index is 936. The predicted octanol–water partition coefficient (Wildman–Crippen LogP) is 3.03. The number of nitrogens with zero attached hydrogens (tertiary/aromatic N) is 5. The average Bonchev–Trinajstić information content (AvgIpc) is 3.20. The lowest BCUT2D eigenvalue weighted by atomic mass is 10.3. The van der Waals surface area contributed by atoms with E-state index in [-0.39, 0.29) is 11.9 Å². The number of nitrogens with one attached hydrogen (secondary N) is 1. The number of amides is 1. The van der Waals surface area contributed by atoms with Gasteiger partial charge in [-0.3, -0.25) is 9.78 Å². The van der Waals surface area contributed by atoms with Crippen LogP contribution in [0.2, 0.25) is 0 Å². The first kappa shape index (κ1) is 17.6. The zero-order valence-corrected chi connectivity index (χ0v) is 15.3. The molecule has 1 N–H and O–H groups in total. The van der Waals surface area contributed by atoms with E-state index in [2.05, 4.69) is 39.0 Å². The van der Waals surface area contributed by atoms with Gasteiger partial charge in [-0.15, -0.1) is 0 Å². The summed E-state index contributed by atoms with van der Waals surface area (Å²) < 4.78 is 4.11. The Balaban J connectivity index is 1.82. The van der Waals surface area contributed by atoms with Crippen LogP contribution in [0.4, 0.5) is 0 Å². The predicted molar refractivity (Wildman–Crippen MR) is 101 cm³/mol. The van der Waals surface area contributed by atoms with Crippen LogP contribution in [-0.2, 0) is 0 Å². The highest BCUT2D eigenvalue weighted by atomic mass is 16.2. The number of hydrogen-bond acceptors (Lipinski definition) is 4. The van der Waals surface area contributed by atoms with Crippen molar-refractivity contribution in [2.75, 3.05) is 0 Å². The van der Waals surface area contributed by atoms with Gasteiger partial charge in [0.25, 0.3) is 5.91 Å². The molecule has 0 spiro atoms. The first-order valence-electron chi connectivity index (χ1n) is 8.46. The number of carbonyl (C=O) groups excluding carboxylic acids is 1. The molecule has 0 aliphatic heterocycles. The van der Waals surface area contributed by atoms with Gasteiger partial charge in [-0.05, 0) is 45.9 Å². The highest BCUT2D eigenvalue weighted by Crippen LogP contribution is 2.21. The molecule has 0 bridgehead atoms. The Morgan fingerprint density at radius 2 is 2.04 bits per heavy atom. The van der Waals surface area contributed by atoms with E-state index >= 15 is 0 Å². The van der Waals surface area contributed by atoms with E-state index < -0.39 is 0 Å². The minimum atomic E-state index is -0.339. The minimum absolute atomic E-state index is 0.260. The Kier molecular flexibility index (Phi) is 4.97. The number of hydrazone groups is 1. The molecule has 0 radical (unpaired) electrons. The van der Waals surface area contributed by atoms with E-state index in [1.165, 1.54) is 0 Å². The molecule has 0 saturated carbocycles. The fourth-order valence-electron chi connectivity index (χ4n) is 2.87. The van der Waals surface area contributed by atoms with E-state index in [0.717, 1.165) is 22.8 Å². The first-order valence-corrected chi connectivity index (χ1v) is 8.46. The molecule has 0 fully saturated rings. The molecule has 26 heavy (non-hydrogen) atoms. The molecule has 134 valence electrons. The topological polar surface area (TPSA) is 77.1 Å². The fraction of sp³-hybridized carbons (Fsp3) is 0.263. The Morgan fingerprint density at radius 1 is 1.23 bits per heavy atom. The summed E-state index contributed by atoms with van der Waals surface area (Å²) in [6.45, 7) is 8.25. The van der Waals surface area contributed by atoms with E-state index in [0.29, 0.717) is 5.69 Å². The molecular formula is C19H22N6O. The van der Waals surface area contributed by atoms with Crippen LogP contribution in [-0.4, -0.2) is 31.5 Å². The summed E-state index contributed by atoms with van der Waals surface area (Å²) in [6, 6.07) is 9.45. The van der Waals surface area contributed by atoms with Gasteiger partial charge in [0.15, 0.2) is 0 Å². The van der Waals surface area contributed by atoms with E-state index in [1.54, 1.807) is 36.8 Å². The molecule has 3 heterocycles. The summed E-state index contributed by atoms with van der Waals surface area (Å²) in [6.07, 6.45) is 5.02. The number of pyridine rings is 1. The van der Waals surface area contributed by atoms with Crippen molar-refractivity contribution < 1.29 is 4.79 Å². The lowest BCUT2D eigenvalue weighted by Gasteiger charge is -2.14. The third kappa shape index (κ3) is 3.42. The summed E-state index contributed by atoms with van der Waals surface area (Å²) in [5.74, 6) is 0.667. The van der Waals surface area contributed by atoms with Crippen molar-refractivity contribution in [3.8, 4) is 5.82 Å². The first-order chi connectivity index (χ1) is 12.5. The molecule has 3 aromatic rings. The fourth-order valence-corrected chi connectivity index (χ4v) is 2.87. The Morgan fingerprint density at radius 3 is 2.73 bits per heavy atom. The van der Waals surface area contributed by atoms with Crippen molar-refractivity contribution in [2.45, 2.75) is 33.7 Å². The minimum Gasteiger partial charge on any atom is -0.303 e. The normalized spacial score (nSPS) is 11.4. The zero-order valence-electron chi connectivity index (χ0n) is 15.3. The van der Waals surface area contributed by atoms with Crippen LogP contribution in [0.1, 0.15) is 47.3 Å². The van der Waals surface area contributed by atoms with Crippen molar-refractivity contribution in [1.82, 2.24) is 24.8 Å². The summed E-state index contributed by atoms with van der Waals surface area (Å²) >= 11 is 0. The number of rotatable bonds is 5. The summed E-state index contributed by atoms with van der Waals surface area (Å²) in [5.41, 5.74) is 5.87. The zero-order chi connectivity index (χ0) is 18.7. The molecule has 0 unspecified atom stereocenters. The van der Waals surface area contributed by atoms with Crippen molar-refractivity contribution in [1.29, 1.82) is 0 Å². The van der Waals surface area contributed by atoms with Crippen molar-refractivity contribution in [3.63, 3.8) is 0 Å². The van der Waals surface area contributed by atoms with Gasteiger partial charge in [0.2, 0.25) is 0 Å². The maximum Gasteiger partial charge on any atom is 0.289 e. The van der Waals surface area contributed by atoms with Crippen LogP contribution in [0.25, 0.3) is 5.82 Å². The number of aromatic nitrogens is 4. The van der Waals surface area contributed by atoms with Crippen LogP contribution in [0, 0.1) is 13.8 Å². The van der Waals surface area contributed by atoms with Gasteiger partial charge in [-0.1, -0.05) is 6.07 Å². The summed E-state index contributed by atoms with van der Waals surface area (Å²) in [5, 5.41) is 8.47. The highest BCUT2D eigenvalue weighted by molar-refractivity contribution is 5.93. The molecular weight excluding hydrogens is 328 g/mol. The molecule has 0 aromatic carbocycles. The lowest BCUT2D eigenvalue weighted by molar-refractivity contribution is 0.0950. The second kappa shape index (κ2) is 7.35. The third-order valence-electron chi connectivity index (χ3n) is 4.11. The van der Waals surface area contributed by atoms with E-state index in [9.17, 15) is 4.79 Å². The third-order valence-corrected chi connectivity index (χ3v) is 4.11. The molecule has 0 aliphatic rings. The second-order valence-corrected chi connectivity index (χ2v) is 6.30. The smallest absolute Gasteiger partial charge is 0.289 e. The average molecular weight is 350 g/mol. The summed E-state index contributed by atoms with van der Waals surface area (Å²) in [7, 11) is 0. The Labute approximate surface area is 152 Å². The molecule has 3 aromatic heterocycles. The van der Waals surface area contributed by atoms with Gasteiger partial charge < -0.3 is 4.57 Å². The van der Waals surface area contributed by atoms with Crippen LogP contribution < -0.4 is 5.43 Å². The van der Waals surface area contributed by atoms with Crippen molar-refractivity contribution >= 4 is 12.1 Å². The maximum atomic E-state index is 12.0. The highest BCUT2D eigenvalue weighted by Gasteiger charge is 2.14. The quantitative estimate of drug-likeness (QED) is 0.567. The van der Waals surface area contributed by atoms with Crippen molar-refractivity contribution in [3.05, 3.63) is 65.4 Å². The van der Waals surface area contributed by atoms with Gasteiger partial charge in [0.05, 0.1) is 12.4 Å². The Hall–Kier alpha value is -3.22. The standard InChI is InChI=1S/C19H22N6O/c1-13(2)25-18(8-10-22-25)24-14(3)11-16(15(24)4)12-21-23-19(26)17-7-5-6-9-20-17/h5-13H,1-4H3,(H,23,26)/b21-12-. The van der Waals surface area contributed by atoms with Crippen molar-refractivity contribution in [2.24, 2.45) is 5.10 Å². The van der Waals surface area contributed by atoms with Gasteiger partial charge in [-0.2, -0.15) is 10.2 Å². The van der Waals surface area contributed by atoms with Gasteiger partial charge >= 0.3 is 0 Å². The SMILES string of the molecule is Cc1cc(/C=N\NC(=O)c2ccccn2)c(C)n1-c1ccnn1C(C)C. The molecule has 3 rings (SSSR count). The summed E-state index contributed by atoms with van der Waals surface area (Å²) in [4.78, 5) is 16.0. The number of hydrogen-bond donors (Lipinski definition) is 1. The molecule has 7 nitrogen and oxygen atoms in total. The lowest BCUT2D eigenvalue weighted by Crippen LogP contribution is -2.18.